The van der Waals surface area contributed by atoms with Gasteiger partial charge >= 0.3 is 0 Å². The van der Waals surface area contributed by atoms with Gasteiger partial charge in [-0.1, -0.05) is 0 Å². The molecule has 0 spiro atoms. The average Bonchev–Trinajstić information content (AvgIpc) is 2.87. The van der Waals surface area contributed by atoms with Crippen LogP contribution in [-0.4, -0.2) is 48.1 Å². The van der Waals surface area contributed by atoms with E-state index in [1.807, 2.05) is 6.92 Å². The molecule has 4 N–H and O–H groups in total. The van der Waals surface area contributed by atoms with E-state index in [1.165, 1.54) is 0 Å². The Balaban J connectivity index is 1.99. The molecule has 2 fully saturated rings. The summed E-state index contributed by atoms with van der Waals surface area (Å²) in [7, 11) is 0. The Labute approximate surface area is 113 Å². The zero-order valence-corrected chi connectivity index (χ0v) is 11.4. The predicted octanol–water partition coefficient (Wildman–Crippen LogP) is -0.395. The molecule has 0 aliphatic carbocycles. The first-order chi connectivity index (χ1) is 9.02. The first-order valence-corrected chi connectivity index (χ1v) is 6.98. The van der Waals surface area contributed by atoms with E-state index in [2.05, 4.69) is 0 Å². The zero-order valence-electron chi connectivity index (χ0n) is 11.4. The predicted molar refractivity (Wildman–Crippen MR) is 70.0 cm³/mol. The number of nitrogens with two attached hydrogens (primary N) is 2. The molecule has 19 heavy (non-hydrogen) atoms. The highest BCUT2D eigenvalue weighted by Gasteiger charge is 2.38. The number of hydrogen-bond acceptors (Lipinski definition) is 4. The molecule has 2 aliphatic rings. The summed E-state index contributed by atoms with van der Waals surface area (Å²) in [6.07, 6.45) is 2.70. The lowest BCUT2D eigenvalue weighted by atomic mass is 9.92. The number of likely N-dealkylation sites (tertiary alicyclic amines) is 1. The second-order valence-corrected chi connectivity index (χ2v) is 5.58. The van der Waals surface area contributed by atoms with Crippen LogP contribution in [0.3, 0.4) is 0 Å². The Bertz CT molecular complexity index is 361. The Morgan fingerprint density at radius 3 is 2.58 bits per heavy atom. The number of hydrogen-bond donors (Lipinski definition) is 2. The standard InChI is InChI=1S/C13H23N3O3/c1-8-2-3-9(12(15)17)7-16(8)13(18)11-5-4-10(6-14)19-11/h8-11H,2-7,14H2,1H3,(H2,15,17)/t8?,9?,10-,11+/m1/s1. The van der Waals surface area contributed by atoms with E-state index in [0.29, 0.717) is 19.5 Å². The van der Waals surface area contributed by atoms with Crippen LogP contribution in [0, 0.1) is 5.92 Å². The quantitative estimate of drug-likeness (QED) is 0.728. The molecule has 0 saturated carbocycles. The van der Waals surface area contributed by atoms with Gasteiger partial charge in [0.05, 0.1) is 12.0 Å². The third kappa shape index (κ3) is 3.06. The molecule has 6 heteroatoms. The Morgan fingerprint density at radius 1 is 1.26 bits per heavy atom. The van der Waals surface area contributed by atoms with Gasteiger partial charge < -0.3 is 21.1 Å². The van der Waals surface area contributed by atoms with Crippen LogP contribution in [0.25, 0.3) is 0 Å². The summed E-state index contributed by atoms with van der Waals surface area (Å²) < 4.78 is 5.64. The van der Waals surface area contributed by atoms with E-state index < -0.39 is 6.10 Å². The summed E-state index contributed by atoms with van der Waals surface area (Å²) in [4.78, 5) is 25.5. The fourth-order valence-electron chi connectivity index (χ4n) is 2.89. The summed E-state index contributed by atoms with van der Waals surface area (Å²) in [5.41, 5.74) is 10.9. The highest BCUT2D eigenvalue weighted by molar-refractivity contribution is 5.83. The summed E-state index contributed by atoms with van der Waals surface area (Å²) in [5, 5.41) is 0. The van der Waals surface area contributed by atoms with Crippen LogP contribution in [0.2, 0.25) is 0 Å². The molecule has 0 aromatic carbocycles. The maximum absolute atomic E-state index is 12.4. The molecule has 2 rings (SSSR count). The minimum atomic E-state index is -0.400. The van der Waals surface area contributed by atoms with Gasteiger partial charge in [0.1, 0.15) is 6.10 Å². The van der Waals surface area contributed by atoms with Crippen molar-refractivity contribution in [2.45, 2.75) is 50.9 Å². The van der Waals surface area contributed by atoms with Crippen molar-refractivity contribution in [3.05, 3.63) is 0 Å². The Kier molecular flexibility index (Phi) is 4.42. The van der Waals surface area contributed by atoms with Crippen molar-refractivity contribution in [1.82, 2.24) is 4.90 Å². The van der Waals surface area contributed by atoms with Crippen LogP contribution in [0.15, 0.2) is 0 Å². The third-order valence-electron chi connectivity index (χ3n) is 4.21. The van der Waals surface area contributed by atoms with Crippen LogP contribution in [-0.2, 0) is 14.3 Å². The molecule has 2 aliphatic heterocycles. The van der Waals surface area contributed by atoms with Gasteiger partial charge in [-0.3, -0.25) is 9.59 Å². The Hall–Kier alpha value is -1.14. The van der Waals surface area contributed by atoms with Gasteiger partial charge in [-0.2, -0.15) is 0 Å². The lowest BCUT2D eigenvalue weighted by Crippen LogP contribution is -2.51. The van der Waals surface area contributed by atoms with Crippen molar-refractivity contribution in [1.29, 1.82) is 0 Å². The fourth-order valence-corrected chi connectivity index (χ4v) is 2.89. The van der Waals surface area contributed by atoms with Gasteiger partial charge in [0.15, 0.2) is 0 Å². The number of nitrogens with zero attached hydrogens (tertiary/aromatic N) is 1. The maximum Gasteiger partial charge on any atom is 0.251 e. The number of carbonyl (C=O) groups is 2. The molecule has 2 saturated heterocycles. The minimum Gasteiger partial charge on any atom is -0.369 e. The summed E-state index contributed by atoms with van der Waals surface area (Å²) in [5.74, 6) is -0.571. The average molecular weight is 269 g/mol. The molecule has 0 aromatic rings. The largest absolute Gasteiger partial charge is 0.369 e. The van der Waals surface area contributed by atoms with Crippen molar-refractivity contribution in [3.63, 3.8) is 0 Å². The monoisotopic (exact) mass is 269 g/mol. The molecule has 2 amide bonds. The van der Waals surface area contributed by atoms with Crippen molar-refractivity contribution in [2.75, 3.05) is 13.1 Å². The number of primary amides is 1. The van der Waals surface area contributed by atoms with Gasteiger partial charge in [-0.05, 0) is 32.6 Å². The first kappa shape index (κ1) is 14.3. The van der Waals surface area contributed by atoms with Crippen molar-refractivity contribution in [3.8, 4) is 0 Å². The van der Waals surface area contributed by atoms with Gasteiger partial charge in [0.2, 0.25) is 5.91 Å². The topological polar surface area (TPSA) is 98.7 Å². The third-order valence-corrected chi connectivity index (χ3v) is 4.21. The lowest BCUT2D eigenvalue weighted by Gasteiger charge is -2.38. The van der Waals surface area contributed by atoms with E-state index in [1.54, 1.807) is 4.90 Å². The van der Waals surface area contributed by atoms with Gasteiger partial charge in [0, 0.05) is 19.1 Å². The Morgan fingerprint density at radius 2 is 2.00 bits per heavy atom. The normalized spacial score (nSPS) is 35.4. The number of rotatable bonds is 3. The van der Waals surface area contributed by atoms with Crippen molar-refractivity contribution < 1.29 is 14.3 Å². The van der Waals surface area contributed by atoms with E-state index in [-0.39, 0.29) is 29.9 Å². The van der Waals surface area contributed by atoms with E-state index in [0.717, 1.165) is 19.3 Å². The van der Waals surface area contributed by atoms with Crippen LogP contribution >= 0.6 is 0 Å². The molecule has 4 atom stereocenters. The first-order valence-electron chi connectivity index (χ1n) is 6.98. The van der Waals surface area contributed by atoms with Gasteiger partial charge in [-0.25, -0.2) is 0 Å². The van der Waals surface area contributed by atoms with Crippen molar-refractivity contribution >= 4 is 11.8 Å². The molecule has 108 valence electrons. The van der Waals surface area contributed by atoms with Crippen LogP contribution in [0.5, 0.6) is 0 Å². The summed E-state index contributed by atoms with van der Waals surface area (Å²) in [6, 6.07) is 0.142. The zero-order chi connectivity index (χ0) is 14.0. The van der Waals surface area contributed by atoms with Crippen LogP contribution in [0.4, 0.5) is 0 Å². The van der Waals surface area contributed by atoms with Gasteiger partial charge in [-0.15, -0.1) is 0 Å². The molecule has 0 aromatic heterocycles. The van der Waals surface area contributed by atoms with Crippen molar-refractivity contribution in [2.24, 2.45) is 17.4 Å². The van der Waals surface area contributed by atoms with Crippen LogP contribution < -0.4 is 11.5 Å². The number of amides is 2. The highest BCUT2D eigenvalue weighted by atomic mass is 16.5. The molecule has 6 nitrogen and oxygen atoms in total. The van der Waals surface area contributed by atoms with E-state index >= 15 is 0 Å². The molecule has 2 unspecified atom stereocenters. The van der Waals surface area contributed by atoms with Gasteiger partial charge in [0.25, 0.3) is 5.91 Å². The molecule has 2 heterocycles. The smallest absolute Gasteiger partial charge is 0.251 e. The molecule has 0 bridgehead atoms. The molecular weight excluding hydrogens is 246 g/mol. The summed E-state index contributed by atoms with van der Waals surface area (Å²) >= 11 is 0. The van der Waals surface area contributed by atoms with E-state index in [9.17, 15) is 9.59 Å². The minimum absolute atomic E-state index is 0.0130. The number of piperidine rings is 1. The highest BCUT2D eigenvalue weighted by Crippen LogP contribution is 2.26. The second-order valence-electron chi connectivity index (χ2n) is 5.58. The number of ether oxygens (including phenoxy) is 1. The fraction of sp³-hybridized carbons (Fsp3) is 0.846. The second kappa shape index (κ2) is 5.88. The SMILES string of the molecule is CC1CCC(C(N)=O)CN1C(=O)[C@@H]1CC[C@H](CN)O1. The summed E-state index contributed by atoms with van der Waals surface area (Å²) in [6.45, 7) is 2.87. The van der Waals surface area contributed by atoms with E-state index in [4.69, 9.17) is 16.2 Å². The molecular formula is C13H23N3O3. The maximum atomic E-state index is 12.4. The molecule has 0 radical (unpaired) electrons. The van der Waals surface area contributed by atoms with Crippen LogP contribution in [0.1, 0.15) is 32.6 Å². The number of carbonyl (C=O) groups excluding carboxylic acids is 2. The lowest BCUT2D eigenvalue weighted by molar-refractivity contribution is -0.148.